The molecule has 1 aromatic heterocycles. The van der Waals surface area contributed by atoms with Crippen molar-refractivity contribution >= 4 is 11.6 Å². The van der Waals surface area contributed by atoms with Crippen LogP contribution in [0.2, 0.25) is 0 Å². The Hall–Kier alpha value is -2.56. The molecular formula is C13H13N3O2. The van der Waals surface area contributed by atoms with Crippen molar-refractivity contribution < 1.29 is 4.79 Å². The van der Waals surface area contributed by atoms with Gasteiger partial charge in [-0.15, -0.1) is 0 Å². The van der Waals surface area contributed by atoms with Gasteiger partial charge in [-0.1, -0.05) is 12.1 Å². The van der Waals surface area contributed by atoms with E-state index in [1.165, 1.54) is 18.3 Å². The number of amides is 1. The standard InChI is InChI=1S/C13H13N3O2/c14-11-4-1-9(2-5-11)7-16-13(18)10-3-6-12(17)15-8-10/h1-6,8H,7,14H2,(H,15,17)(H,16,18). The van der Waals surface area contributed by atoms with Gasteiger partial charge in [-0.2, -0.15) is 0 Å². The molecule has 0 spiro atoms. The van der Waals surface area contributed by atoms with E-state index in [0.29, 0.717) is 17.8 Å². The zero-order valence-electron chi connectivity index (χ0n) is 9.64. The van der Waals surface area contributed by atoms with Crippen LogP contribution in [0.1, 0.15) is 15.9 Å². The minimum atomic E-state index is -0.233. The first kappa shape index (κ1) is 11.9. The highest BCUT2D eigenvalue weighted by atomic mass is 16.1. The number of anilines is 1. The molecule has 5 nitrogen and oxygen atoms in total. The van der Waals surface area contributed by atoms with Crippen LogP contribution in [-0.4, -0.2) is 10.9 Å². The molecule has 0 saturated carbocycles. The van der Waals surface area contributed by atoms with Gasteiger partial charge >= 0.3 is 0 Å². The second-order valence-electron chi connectivity index (χ2n) is 3.87. The van der Waals surface area contributed by atoms with E-state index in [0.717, 1.165) is 5.56 Å². The molecule has 1 amide bonds. The van der Waals surface area contributed by atoms with Gasteiger partial charge in [0.05, 0.1) is 5.56 Å². The topological polar surface area (TPSA) is 88.0 Å². The van der Waals surface area contributed by atoms with E-state index in [2.05, 4.69) is 10.3 Å². The smallest absolute Gasteiger partial charge is 0.253 e. The Kier molecular flexibility index (Phi) is 3.43. The third-order valence-corrected chi connectivity index (χ3v) is 2.48. The number of carbonyl (C=O) groups excluding carboxylic acids is 1. The van der Waals surface area contributed by atoms with E-state index >= 15 is 0 Å². The Morgan fingerprint density at radius 1 is 1.17 bits per heavy atom. The zero-order valence-corrected chi connectivity index (χ0v) is 9.64. The number of benzene rings is 1. The van der Waals surface area contributed by atoms with Crippen molar-refractivity contribution in [2.45, 2.75) is 6.54 Å². The molecule has 92 valence electrons. The molecule has 0 aliphatic heterocycles. The highest BCUT2D eigenvalue weighted by Gasteiger charge is 2.04. The van der Waals surface area contributed by atoms with E-state index in [1.54, 1.807) is 12.1 Å². The third kappa shape index (κ3) is 2.98. The van der Waals surface area contributed by atoms with Crippen LogP contribution in [0.4, 0.5) is 5.69 Å². The van der Waals surface area contributed by atoms with Crippen LogP contribution in [0.3, 0.4) is 0 Å². The molecule has 2 rings (SSSR count). The van der Waals surface area contributed by atoms with E-state index in [-0.39, 0.29) is 11.5 Å². The van der Waals surface area contributed by atoms with Gasteiger partial charge in [-0.3, -0.25) is 9.59 Å². The number of nitrogens with one attached hydrogen (secondary N) is 2. The molecular weight excluding hydrogens is 230 g/mol. The lowest BCUT2D eigenvalue weighted by Crippen LogP contribution is -2.23. The van der Waals surface area contributed by atoms with Crippen LogP contribution in [0.5, 0.6) is 0 Å². The van der Waals surface area contributed by atoms with Gasteiger partial charge in [0.2, 0.25) is 5.56 Å². The largest absolute Gasteiger partial charge is 0.399 e. The first-order valence-corrected chi connectivity index (χ1v) is 5.46. The van der Waals surface area contributed by atoms with Crippen molar-refractivity contribution in [3.8, 4) is 0 Å². The number of aromatic amines is 1. The van der Waals surface area contributed by atoms with E-state index in [1.807, 2.05) is 12.1 Å². The van der Waals surface area contributed by atoms with Crippen LogP contribution in [0, 0.1) is 0 Å². The lowest BCUT2D eigenvalue weighted by Gasteiger charge is -2.05. The molecule has 0 bridgehead atoms. The SMILES string of the molecule is Nc1ccc(CNC(=O)c2ccc(=O)[nH]c2)cc1. The van der Waals surface area contributed by atoms with Gasteiger partial charge in [0.25, 0.3) is 5.91 Å². The van der Waals surface area contributed by atoms with Crippen LogP contribution in [0.15, 0.2) is 47.4 Å². The molecule has 18 heavy (non-hydrogen) atoms. The normalized spacial score (nSPS) is 10.0. The maximum atomic E-state index is 11.7. The molecule has 1 aromatic carbocycles. The van der Waals surface area contributed by atoms with Gasteiger partial charge in [0, 0.05) is 24.5 Å². The number of carbonyl (C=O) groups is 1. The molecule has 1 heterocycles. The summed E-state index contributed by atoms with van der Waals surface area (Å²) in [6.45, 7) is 0.415. The second kappa shape index (κ2) is 5.18. The van der Waals surface area contributed by atoms with Crippen LogP contribution < -0.4 is 16.6 Å². The van der Waals surface area contributed by atoms with Crippen molar-refractivity contribution in [2.24, 2.45) is 0 Å². The minimum Gasteiger partial charge on any atom is -0.399 e. The lowest BCUT2D eigenvalue weighted by atomic mass is 10.2. The number of H-pyrrole nitrogens is 1. The molecule has 5 heteroatoms. The first-order valence-electron chi connectivity index (χ1n) is 5.46. The van der Waals surface area contributed by atoms with Crippen LogP contribution >= 0.6 is 0 Å². The van der Waals surface area contributed by atoms with Gasteiger partial charge < -0.3 is 16.0 Å². The Morgan fingerprint density at radius 3 is 2.50 bits per heavy atom. The fraction of sp³-hybridized carbons (Fsp3) is 0.0769. The van der Waals surface area contributed by atoms with E-state index in [9.17, 15) is 9.59 Å². The Balaban J connectivity index is 1.98. The third-order valence-electron chi connectivity index (χ3n) is 2.48. The predicted octanol–water partition coefficient (Wildman–Crippen LogP) is 0.887. The van der Waals surface area contributed by atoms with Gasteiger partial charge in [-0.05, 0) is 23.8 Å². The van der Waals surface area contributed by atoms with Crippen molar-refractivity contribution in [2.75, 3.05) is 5.73 Å². The van der Waals surface area contributed by atoms with Crippen molar-refractivity contribution in [3.05, 3.63) is 64.1 Å². The lowest BCUT2D eigenvalue weighted by molar-refractivity contribution is 0.0950. The van der Waals surface area contributed by atoms with Crippen LogP contribution in [0.25, 0.3) is 0 Å². The summed E-state index contributed by atoms with van der Waals surface area (Å²) in [6, 6.07) is 10.1. The summed E-state index contributed by atoms with van der Waals surface area (Å²) in [7, 11) is 0. The predicted molar refractivity (Wildman–Crippen MR) is 69.1 cm³/mol. The van der Waals surface area contributed by atoms with Crippen molar-refractivity contribution in [1.29, 1.82) is 0 Å². The molecule has 0 saturated heterocycles. The monoisotopic (exact) mass is 243 g/mol. The van der Waals surface area contributed by atoms with Crippen molar-refractivity contribution in [1.82, 2.24) is 10.3 Å². The van der Waals surface area contributed by atoms with Gasteiger partial charge in [0.1, 0.15) is 0 Å². The van der Waals surface area contributed by atoms with E-state index in [4.69, 9.17) is 5.73 Å². The summed E-state index contributed by atoms with van der Waals surface area (Å²) < 4.78 is 0. The number of aromatic nitrogens is 1. The number of hydrogen-bond acceptors (Lipinski definition) is 3. The van der Waals surface area contributed by atoms with Gasteiger partial charge in [0.15, 0.2) is 0 Å². The summed E-state index contributed by atoms with van der Waals surface area (Å²) in [5.41, 5.74) is 7.40. The Bertz CT molecular complexity index is 582. The number of nitrogen functional groups attached to an aromatic ring is 1. The number of nitrogens with two attached hydrogens (primary N) is 1. The zero-order chi connectivity index (χ0) is 13.0. The fourth-order valence-corrected chi connectivity index (χ4v) is 1.47. The number of pyridine rings is 1. The summed E-state index contributed by atoms with van der Waals surface area (Å²) >= 11 is 0. The highest BCUT2D eigenvalue weighted by Crippen LogP contribution is 2.05. The maximum Gasteiger partial charge on any atom is 0.253 e. The molecule has 0 radical (unpaired) electrons. The molecule has 2 aromatic rings. The molecule has 4 N–H and O–H groups in total. The first-order chi connectivity index (χ1) is 8.65. The summed E-state index contributed by atoms with van der Waals surface area (Å²) in [5, 5.41) is 2.75. The molecule has 0 aliphatic carbocycles. The number of rotatable bonds is 3. The Labute approximate surface area is 104 Å². The molecule has 0 aliphatic rings. The fourth-order valence-electron chi connectivity index (χ4n) is 1.47. The average Bonchev–Trinajstić information content (AvgIpc) is 2.38. The minimum absolute atomic E-state index is 0.231. The summed E-state index contributed by atoms with van der Waals surface area (Å²) in [5.74, 6) is -0.233. The molecule has 0 atom stereocenters. The second-order valence-corrected chi connectivity index (χ2v) is 3.87. The highest BCUT2D eigenvalue weighted by molar-refractivity contribution is 5.93. The summed E-state index contributed by atoms with van der Waals surface area (Å²) in [6.07, 6.45) is 1.39. The molecule has 0 unspecified atom stereocenters. The average molecular weight is 243 g/mol. The van der Waals surface area contributed by atoms with Crippen molar-refractivity contribution in [3.63, 3.8) is 0 Å². The number of hydrogen-bond donors (Lipinski definition) is 3. The van der Waals surface area contributed by atoms with Crippen LogP contribution in [-0.2, 0) is 6.54 Å². The molecule has 0 fully saturated rings. The maximum absolute atomic E-state index is 11.7. The quantitative estimate of drug-likeness (QED) is 0.699. The Morgan fingerprint density at radius 2 is 1.89 bits per heavy atom. The van der Waals surface area contributed by atoms with Gasteiger partial charge in [-0.25, -0.2) is 0 Å². The summed E-state index contributed by atoms with van der Waals surface area (Å²) in [4.78, 5) is 25.0. The van der Waals surface area contributed by atoms with E-state index < -0.39 is 0 Å².